The molecule has 158 valence electrons. The van der Waals surface area contributed by atoms with Crippen molar-refractivity contribution in [2.45, 2.75) is 13.3 Å². The molecular formula is C21H23N3O6. The van der Waals surface area contributed by atoms with E-state index < -0.39 is 23.3 Å². The standard InChI is InChI=1S/C21H23N3O6/c1-14(25)22-11-10-15-4-6-16(7-5-15)20(26)13-30-21(27)17-8-9-18(23(2)3)19(12-17)24(28)29/h4-9,12H,10-11,13H2,1-3H3,(H,22,25). The van der Waals surface area contributed by atoms with Gasteiger partial charge in [0, 0.05) is 39.2 Å². The molecule has 0 bridgehead atoms. The highest BCUT2D eigenvalue weighted by atomic mass is 16.6. The molecule has 30 heavy (non-hydrogen) atoms. The SMILES string of the molecule is CC(=O)NCCc1ccc(C(=O)COC(=O)c2ccc(N(C)C)c([N+](=O)[O-])c2)cc1. The average Bonchev–Trinajstić information content (AvgIpc) is 2.71. The fourth-order valence-corrected chi connectivity index (χ4v) is 2.71. The summed E-state index contributed by atoms with van der Waals surface area (Å²) >= 11 is 0. The summed E-state index contributed by atoms with van der Waals surface area (Å²) in [5.74, 6) is -1.31. The lowest BCUT2D eigenvalue weighted by atomic mass is 10.1. The highest BCUT2D eigenvalue weighted by Gasteiger charge is 2.20. The van der Waals surface area contributed by atoms with Crippen LogP contribution in [0.4, 0.5) is 11.4 Å². The van der Waals surface area contributed by atoms with Gasteiger partial charge in [-0.2, -0.15) is 0 Å². The van der Waals surface area contributed by atoms with Gasteiger partial charge in [-0.1, -0.05) is 24.3 Å². The molecule has 0 aromatic heterocycles. The molecule has 0 heterocycles. The van der Waals surface area contributed by atoms with Gasteiger partial charge in [0.1, 0.15) is 5.69 Å². The zero-order chi connectivity index (χ0) is 22.3. The molecule has 2 aromatic rings. The van der Waals surface area contributed by atoms with Crippen molar-refractivity contribution in [1.82, 2.24) is 5.32 Å². The van der Waals surface area contributed by atoms with Crippen LogP contribution in [0.15, 0.2) is 42.5 Å². The molecule has 0 unspecified atom stereocenters. The second kappa shape index (κ2) is 10.1. The molecular weight excluding hydrogens is 390 g/mol. The monoisotopic (exact) mass is 413 g/mol. The number of Topliss-reactive ketones (excluding diaryl/α,β-unsaturated/α-hetero) is 1. The Kier molecular flexibility index (Phi) is 7.62. The highest BCUT2D eigenvalue weighted by molar-refractivity contribution is 5.99. The number of carbonyl (C=O) groups excluding carboxylic acids is 3. The van der Waals surface area contributed by atoms with Gasteiger partial charge in [-0.15, -0.1) is 0 Å². The normalized spacial score (nSPS) is 10.2. The number of benzene rings is 2. The fourth-order valence-electron chi connectivity index (χ4n) is 2.71. The number of nitrogens with one attached hydrogen (secondary N) is 1. The van der Waals surface area contributed by atoms with E-state index in [0.717, 1.165) is 11.6 Å². The molecule has 0 fully saturated rings. The molecule has 0 atom stereocenters. The van der Waals surface area contributed by atoms with E-state index in [-0.39, 0.29) is 17.2 Å². The summed E-state index contributed by atoms with van der Waals surface area (Å²) in [7, 11) is 3.31. The molecule has 0 saturated carbocycles. The number of ether oxygens (including phenoxy) is 1. The molecule has 1 amide bonds. The van der Waals surface area contributed by atoms with E-state index >= 15 is 0 Å². The van der Waals surface area contributed by atoms with Crippen LogP contribution in [0, 0.1) is 10.1 Å². The van der Waals surface area contributed by atoms with Crippen molar-refractivity contribution in [3.05, 3.63) is 69.3 Å². The molecule has 2 aromatic carbocycles. The van der Waals surface area contributed by atoms with E-state index in [9.17, 15) is 24.5 Å². The number of rotatable bonds is 9. The number of amides is 1. The van der Waals surface area contributed by atoms with E-state index in [0.29, 0.717) is 24.2 Å². The third-order valence-electron chi connectivity index (χ3n) is 4.29. The number of nitro benzene ring substituents is 1. The van der Waals surface area contributed by atoms with E-state index in [2.05, 4.69) is 5.32 Å². The number of nitro groups is 1. The predicted molar refractivity (Wildman–Crippen MR) is 111 cm³/mol. The average molecular weight is 413 g/mol. The van der Waals surface area contributed by atoms with E-state index in [1.807, 2.05) is 0 Å². The Morgan fingerprint density at radius 2 is 1.70 bits per heavy atom. The zero-order valence-corrected chi connectivity index (χ0v) is 17.0. The predicted octanol–water partition coefficient (Wildman–Crippen LogP) is 2.38. The van der Waals surface area contributed by atoms with E-state index in [1.165, 1.54) is 19.1 Å². The first-order chi connectivity index (χ1) is 14.2. The van der Waals surface area contributed by atoms with Crippen molar-refractivity contribution >= 4 is 29.0 Å². The number of nitrogens with zero attached hydrogens (tertiary/aromatic N) is 2. The molecule has 0 spiro atoms. The van der Waals surface area contributed by atoms with Gasteiger partial charge in [-0.05, 0) is 24.1 Å². The van der Waals surface area contributed by atoms with Crippen LogP contribution >= 0.6 is 0 Å². The first-order valence-electron chi connectivity index (χ1n) is 9.18. The van der Waals surface area contributed by atoms with Crippen molar-refractivity contribution in [2.75, 3.05) is 32.1 Å². The van der Waals surface area contributed by atoms with Gasteiger partial charge in [-0.25, -0.2) is 4.79 Å². The third-order valence-corrected chi connectivity index (χ3v) is 4.29. The Labute approximate surface area is 173 Å². The molecule has 0 aliphatic rings. The number of ketones is 1. The fraction of sp³-hybridized carbons (Fsp3) is 0.286. The maximum atomic E-state index is 12.3. The van der Waals surface area contributed by atoms with Gasteiger partial charge in [0.2, 0.25) is 5.91 Å². The largest absolute Gasteiger partial charge is 0.454 e. The quantitative estimate of drug-likeness (QED) is 0.290. The van der Waals surface area contributed by atoms with Crippen molar-refractivity contribution in [3.63, 3.8) is 0 Å². The molecule has 1 N–H and O–H groups in total. The van der Waals surface area contributed by atoms with Gasteiger partial charge >= 0.3 is 5.97 Å². The van der Waals surface area contributed by atoms with Crippen molar-refractivity contribution in [2.24, 2.45) is 0 Å². The van der Waals surface area contributed by atoms with Crippen molar-refractivity contribution < 1.29 is 24.0 Å². The smallest absolute Gasteiger partial charge is 0.338 e. The highest BCUT2D eigenvalue weighted by Crippen LogP contribution is 2.28. The third kappa shape index (κ3) is 6.13. The number of esters is 1. The minimum Gasteiger partial charge on any atom is -0.454 e. The molecule has 9 heteroatoms. The first-order valence-corrected chi connectivity index (χ1v) is 9.18. The Morgan fingerprint density at radius 3 is 2.27 bits per heavy atom. The maximum Gasteiger partial charge on any atom is 0.338 e. The van der Waals surface area contributed by atoms with Crippen LogP contribution in [0.1, 0.15) is 33.2 Å². The number of hydrogen-bond acceptors (Lipinski definition) is 7. The summed E-state index contributed by atoms with van der Waals surface area (Å²) in [6.07, 6.45) is 0.630. The molecule has 2 rings (SSSR count). The van der Waals surface area contributed by atoms with Crippen LogP contribution in [0.25, 0.3) is 0 Å². The summed E-state index contributed by atoms with van der Waals surface area (Å²) in [5.41, 5.74) is 1.45. The van der Waals surface area contributed by atoms with E-state index in [4.69, 9.17) is 4.74 Å². The topological polar surface area (TPSA) is 119 Å². The zero-order valence-electron chi connectivity index (χ0n) is 17.0. The summed E-state index contributed by atoms with van der Waals surface area (Å²) in [4.78, 5) is 47.6. The summed E-state index contributed by atoms with van der Waals surface area (Å²) < 4.78 is 5.03. The van der Waals surface area contributed by atoms with Crippen LogP contribution in [0.3, 0.4) is 0 Å². The van der Waals surface area contributed by atoms with Gasteiger partial charge in [0.15, 0.2) is 12.4 Å². The van der Waals surface area contributed by atoms with Gasteiger partial charge < -0.3 is 15.0 Å². The van der Waals surface area contributed by atoms with Crippen LogP contribution in [0.2, 0.25) is 0 Å². The second-order valence-electron chi connectivity index (χ2n) is 6.78. The molecule has 9 nitrogen and oxygen atoms in total. The van der Waals surface area contributed by atoms with Crippen LogP contribution in [0.5, 0.6) is 0 Å². The Morgan fingerprint density at radius 1 is 1.07 bits per heavy atom. The number of hydrogen-bond donors (Lipinski definition) is 1. The van der Waals surface area contributed by atoms with Crippen molar-refractivity contribution in [3.8, 4) is 0 Å². The Balaban J connectivity index is 1.97. The van der Waals surface area contributed by atoms with Crippen LogP contribution in [-0.2, 0) is 16.0 Å². The summed E-state index contributed by atoms with van der Waals surface area (Å²) in [5, 5.41) is 13.9. The van der Waals surface area contributed by atoms with Gasteiger partial charge in [0.05, 0.1) is 10.5 Å². The Bertz CT molecular complexity index is 954. The van der Waals surface area contributed by atoms with E-state index in [1.54, 1.807) is 43.3 Å². The first kappa shape index (κ1) is 22.5. The molecule has 0 radical (unpaired) electrons. The van der Waals surface area contributed by atoms with Crippen LogP contribution < -0.4 is 10.2 Å². The van der Waals surface area contributed by atoms with Gasteiger partial charge in [0.25, 0.3) is 5.69 Å². The molecule has 0 saturated heterocycles. The maximum absolute atomic E-state index is 12.3. The second-order valence-corrected chi connectivity index (χ2v) is 6.78. The summed E-state index contributed by atoms with van der Waals surface area (Å²) in [6, 6.07) is 10.8. The minimum absolute atomic E-state index is 0.00609. The number of carbonyl (C=O) groups is 3. The molecule has 0 aliphatic heterocycles. The number of anilines is 1. The lowest BCUT2D eigenvalue weighted by molar-refractivity contribution is -0.384. The summed E-state index contributed by atoms with van der Waals surface area (Å²) in [6.45, 7) is 1.46. The van der Waals surface area contributed by atoms with Gasteiger partial charge in [-0.3, -0.25) is 19.7 Å². The minimum atomic E-state index is -0.816. The van der Waals surface area contributed by atoms with Crippen molar-refractivity contribution in [1.29, 1.82) is 0 Å². The molecule has 0 aliphatic carbocycles. The Hall–Kier alpha value is -3.75. The van der Waals surface area contributed by atoms with Crippen LogP contribution in [-0.4, -0.2) is 49.8 Å². The lowest BCUT2D eigenvalue weighted by Gasteiger charge is -2.13. The lowest BCUT2D eigenvalue weighted by Crippen LogP contribution is -2.22.